The van der Waals surface area contributed by atoms with Gasteiger partial charge in [0.1, 0.15) is 0 Å². The van der Waals surface area contributed by atoms with Gasteiger partial charge in [0.05, 0.1) is 11.4 Å². The summed E-state index contributed by atoms with van der Waals surface area (Å²) in [7, 11) is -3.71. The second-order valence-electron chi connectivity index (χ2n) is 5.59. The predicted molar refractivity (Wildman–Crippen MR) is 85.3 cm³/mol. The molecule has 0 aliphatic carbocycles. The first-order chi connectivity index (χ1) is 10.8. The Morgan fingerprint density at radius 1 is 1.17 bits per heavy atom. The van der Waals surface area contributed by atoms with E-state index in [0.29, 0.717) is 26.2 Å². The molecule has 23 heavy (non-hydrogen) atoms. The first-order valence-electron chi connectivity index (χ1n) is 7.37. The standard InChI is InChI=1S/C15H21N3O4S/c1-12-3-4-14(9-13(12)2)23(21,22)16-10-15(20)18-7-5-17(11-19)6-8-18/h3-4,9,11,16H,5-8,10H2,1-2H3. The molecule has 8 heteroatoms. The van der Waals surface area contributed by atoms with E-state index in [1.165, 1.54) is 6.07 Å². The van der Waals surface area contributed by atoms with E-state index in [2.05, 4.69) is 4.72 Å². The summed E-state index contributed by atoms with van der Waals surface area (Å²) in [5.74, 6) is -0.289. The van der Waals surface area contributed by atoms with Crippen LogP contribution in [0, 0.1) is 13.8 Å². The van der Waals surface area contributed by atoms with Crippen LogP contribution in [0.4, 0.5) is 0 Å². The van der Waals surface area contributed by atoms with Crippen LogP contribution < -0.4 is 4.72 Å². The molecule has 1 aromatic rings. The minimum atomic E-state index is -3.71. The first-order valence-corrected chi connectivity index (χ1v) is 8.86. The van der Waals surface area contributed by atoms with Gasteiger partial charge in [-0.3, -0.25) is 9.59 Å². The average Bonchev–Trinajstić information content (AvgIpc) is 2.55. The van der Waals surface area contributed by atoms with Crippen LogP contribution in [-0.4, -0.2) is 63.3 Å². The molecule has 0 unspecified atom stereocenters. The third-order valence-corrected chi connectivity index (χ3v) is 5.42. The van der Waals surface area contributed by atoms with Gasteiger partial charge in [-0.2, -0.15) is 0 Å². The Balaban J connectivity index is 1.95. The zero-order chi connectivity index (χ0) is 17.0. The van der Waals surface area contributed by atoms with E-state index >= 15 is 0 Å². The molecule has 126 valence electrons. The molecular formula is C15H21N3O4S. The van der Waals surface area contributed by atoms with Crippen LogP contribution in [0.15, 0.2) is 23.1 Å². The van der Waals surface area contributed by atoms with Crippen molar-refractivity contribution in [3.63, 3.8) is 0 Å². The van der Waals surface area contributed by atoms with Crippen molar-refractivity contribution >= 4 is 22.3 Å². The topological polar surface area (TPSA) is 86.8 Å². The van der Waals surface area contributed by atoms with Gasteiger partial charge >= 0.3 is 0 Å². The van der Waals surface area contributed by atoms with Crippen LogP contribution in [-0.2, 0) is 19.6 Å². The smallest absolute Gasteiger partial charge is 0.241 e. The molecule has 1 fully saturated rings. The van der Waals surface area contributed by atoms with Crippen LogP contribution in [0.5, 0.6) is 0 Å². The Bertz CT molecular complexity index is 695. The maximum atomic E-state index is 12.2. The minimum absolute atomic E-state index is 0.152. The lowest BCUT2D eigenvalue weighted by molar-refractivity contribution is -0.134. The third-order valence-electron chi connectivity index (χ3n) is 4.02. The average molecular weight is 339 g/mol. The zero-order valence-electron chi connectivity index (χ0n) is 13.3. The first kappa shape index (κ1) is 17.4. The molecule has 0 radical (unpaired) electrons. The summed E-state index contributed by atoms with van der Waals surface area (Å²) in [5.41, 5.74) is 1.89. The van der Waals surface area contributed by atoms with Crippen LogP contribution in [0.25, 0.3) is 0 Å². The highest BCUT2D eigenvalue weighted by Crippen LogP contribution is 2.14. The maximum absolute atomic E-state index is 12.2. The summed E-state index contributed by atoms with van der Waals surface area (Å²) >= 11 is 0. The number of nitrogens with zero attached hydrogens (tertiary/aromatic N) is 2. The number of carbonyl (C=O) groups excluding carboxylic acids is 2. The van der Waals surface area contributed by atoms with Gasteiger partial charge < -0.3 is 9.80 Å². The van der Waals surface area contributed by atoms with Crippen molar-refractivity contribution in [3.8, 4) is 0 Å². The molecular weight excluding hydrogens is 318 g/mol. The van der Waals surface area contributed by atoms with Crippen molar-refractivity contribution in [1.29, 1.82) is 0 Å². The van der Waals surface area contributed by atoms with Gasteiger partial charge in [0.15, 0.2) is 0 Å². The van der Waals surface area contributed by atoms with Gasteiger partial charge in [0, 0.05) is 26.2 Å². The van der Waals surface area contributed by atoms with E-state index in [0.717, 1.165) is 17.5 Å². The molecule has 1 aliphatic rings. The molecule has 1 N–H and O–H groups in total. The van der Waals surface area contributed by atoms with Gasteiger partial charge in [0.25, 0.3) is 0 Å². The highest BCUT2D eigenvalue weighted by atomic mass is 32.2. The molecule has 1 heterocycles. The van der Waals surface area contributed by atoms with Crippen molar-refractivity contribution in [2.24, 2.45) is 0 Å². The Morgan fingerprint density at radius 2 is 1.83 bits per heavy atom. The number of benzene rings is 1. The number of hydrogen-bond acceptors (Lipinski definition) is 4. The zero-order valence-corrected chi connectivity index (χ0v) is 14.1. The largest absolute Gasteiger partial charge is 0.342 e. The van der Waals surface area contributed by atoms with Gasteiger partial charge in [-0.05, 0) is 37.1 Å². The Kier molecular flexibility index (Phi) is 5.38. The maximum Gasteiger partial charge on any atom is 0.241 e. The second kappa shape index (κ2) is 7.10. The Hall–Kier alpha value is -1.93. The number of sulfonamides is 1. The number of rotatable bonds is 5. The number of hydrogen-bond donors (Lipinski definition) is 1. The van der Waals surface area contributed by atoms with Crippen molar-refractivity contribution in [3.05, 3.63) is 29.3 Å². The SMILES string of the molecule is Cc1ccc(S(=O)(=O)NCC(=O)N2CCN(C=O)CC2)cc1C. The molecule has 1 saturated heterocycles. The monoisotopic (exact) mass is 339 g/mol. The van der Waals surface area contributed by atoms with E-state index in [-0.39, 0.29) is 17.3 Å². The Labute approximate surface area is 136 Å². The van der Waals surface area contributed by atoms with E-state index in [1.54, 1.807) is 21.9 Å². The number of piperazine rings is 1. The van der Waals surface area contributed by atoms with Crippen LogP contribution in [0.1, 0.15) is 11.1 Å². The highest BCUT2D eigenvalue weighted by Gasteiger charge is 2.22. The minimum Gasteiger partial charge on any atom is -0.342 e. The number of nitrogens with one attached hydrogen (secondary N) is 1. The summed E-state index contributed by atoms with van der Waals surface area (Å²) < 4.78 is 26.8. The highest BCUT2D eigenvalue weighted by molar-refractivity contribution is 7.89. The van der Waals surface area contributed by atoms with Crippen molar-refractivity contribution in [2.45, 2.75) is 18.7 Å². The normalized spacial score (nSPS) is 15.6. The van der Waals surface area contributed by atoms with Gasteiger partial charge in [-0.25, -0.2) is 13.1 Å². The molecule has 1 aliphatic heterocycles. The number of aryl methyl sites for hydroxylation is 2. The lowest BCUT2D eigenvalue weighted by Crippen LogP contribution is -2.50. The lowest BCUT2D eigenvalue weighted by atomic mass is 10.1. The fourth-order valence-electron chi connectivity index (χ4n) is 2.31. The summed E-state index contributed by atoms with van der Waals surface area (Å²) in [6, 6.07) is 4.85. The van der Waals surface area contributed by atoms with Gasteiger partial charge in [-0.1, -0.05) is 6.07 Å². The summed E-state index contributed by atoms with van der Waals surface area (Å²) in [4.78, 5) is 26.0. The Morgan fingerprint density at radius 3 is 2.39 bits per heavy atom. The molecule has 7 nitrogen and oxygen atoms in total. The molecule has 0 aromatic heterocycles. The quantitative estimate of drug-likeness (QED) is 0.758. The van der Waals surface area contributed by atoms with Crippen LogP contribution in [0.3, 0.4) is 0 Å². The second-order valence-corrected chi connectivity index (χ2v) is 7.36. The summed E-state index contributed by atoms with van der Waals surface area (Å²) in [5, 5.41) is 0. The van der Waals surface area contributed by atoms with Crippen molar-refractivity contribution in [2.75, 3.05) is 32.7 Å². The van der Waals surface area contributed by atoms with Crippen LogP contribution >= 0.6 is 0 Å². The molecule has 0 spiro atoms. The number of amides is 2. The van der Waals surface area contributed by atoms with Crippen molar-refractivity contribution < 1.29 is 18.0 Å². The van der Waals surface area contributed by atoms with E-state index in [1.807, 2.05) is 13.8 Å². The van der Waals surface area contributed by atoms with E-state index < -0.39 is 10.0 Å². The van der Waals surface area contributed by atoms with E-state index in [9.17, 15) is 18.0 Å². The van der Waals surface area contributed by atoms with Crippen LogP contribution in [0.2, 0.25) is 0 Å². The van der Waals surface area contributed by atoms with Gasteiger partial charge in [0.2, 0.25) is 22.3 Å². The van der Waals surface area contributed by atoms with Gasteiger partial charge in [-0.15, -0.1) is 0 Å². The molecule has 1 aromatic carbocycles. The lowest BCUT2D eigenvalue weighted by Gasteiger charge is -2.32. The summed E-state index contributed by atoms with van der Waals surface area (Å²) in [6.07, 6.45) is 0.754. The predicted octanol–water partition coefficient (Wildman–Crippen LogP) is -0.118. The van der Waals surface area contributed by atoms with Crippen molar-refractivity contribution in [1.82, 2.24) is 14.5 Å². The third kappa shape index (κ3) is 4.29. The molecule has 2 amide bonds. The molecule has 0 atom stereocenters. The molecule has 0 saturated carbocycles. The fraction of sp³-hybridized carbons (Fsp3) is 0.467. The fourth-order valence-corrected chi connectivity index (χ4v) is 3.37. The molecule has 2 rings (SSSR count). The number of carbonyl (C=O) groups is 2. The summed E-state index contributed by atoms with van der Waals surface area (Å²) in [6.45, 7) is 5.24. The van der Waals surface area contributed by atoms with E-state index in [4.69, 9.17) is 0 Å². The molecule has 0 bridgehead atoms.